The Morgan fingerprint density at radius 1 is 1.12 bits per heavy atom. The first-order chi connectivity index (χ1) is 7.75. The number of nitrogens with zero attached hydrogens (tertiary/aromatic N) is 2. The molecule has 2 saturated heterocycles. The summed E-state index contributed by atoms with van der Waals surface area (Å²) in [4.78, 5) is 16.3. The Labute approximate surface area is 97.8 Å². The van der Waals surface area contributed by atoms with Crippen LogP contribution >= 0.6 is 0 Å². The predicted octanol–water partition coefficient (Wildman–Crippen LogP) is 0.422. The number of carbonyl (C=O) groups is 1. The number of hydrogen-bond acceptors (Lipinski definition) is 3. The van der Waals surface area contributed by atoms with Gasteiger partial charge in [0.15, 0.2) is 0 Å². The second kappa shape index (κ2) is 5.64. The van der Waals surface area contributed by atoms with Crippen molar-refractivity contribution in [1.82, 2.24) is 9.80 Å². The second-order valence-electron chi connectivity index (χ2n) is 5.08. The summed E-state index contributed by atoms with van der Waals surface area (Å²) >= 11 is 0. The van der Waals surface area contributed by atoms with E-state index in [9.17, 15) is 4.79 Å². The van der Waals surface area contributed by atoms with Gasteiger partial charge in [0, 0.05) is 32.2 Å². The molecule has 0 bridgehead atoms. The van der Waals surface area contributed by atoms with Crippen molar-refractivity contribution in [2.24, 2.45) is 5.73 Å². The van der Waals surface area contributed by atoms with Crippen molar-refractivity contribution >= 4 is 5.91 Å². The van der Waals surface area contributed by atoms with Gasteiger partial charge in [-0.05, 0) is 19.3 Å². The summed E-state index contributed by atoms with van der Waals surface area (Å²) in [6, 6.07) is 0.275. The van der Waals surface area contributed by atoms with Crippen LogP contribution in [-0.2, 0) is 4.79 Å². The molecule has 2 fully saturated rings. The van der Waals surface area contributed by atoms with Crippen molar-refractivity contribution in [1.29, 1.82) is 0 Å². The molecule has 0 aromatic rings. The lowest BCUT2D eigenvalue weighted by Gasteiger charge is -2.23. The zero-order valence-corrected chi connectivity index (χ0v) is 10.0. The fourth-order valence-corrected chi connectivity index (χ4v) is 2.62. The summed E-state index contributed by atoms with van der Waals surface area (Å²) in [5, 5.41) is 0. The van der Waals surface area contributed by atoms with Crippen LogP contribution in [0, 0.1) is 0 Å². The van der Waals surface area contributed by atoms with E-state index < -0.39 is 0 Å². The van der Waals surface area contributed by atoms with Crippen molar-refractivity contribution in [3.8, 4) is 0 Å². The maximum absolute atomic E-state index is 12.1. The number of rotatable bonds is 2. The summed E-state index contributed by atoms with van der Waals surface area (Å²) in [6.07, 6.45) is 5.93. The van der Waals surface area contributed by atoms with Crippen LogP contribution in [0.2, 0.25) is 0 Å². The molecule has 1 atom stereocenters. The molecule has 0 aromatic carbocycles. The number of nitrogens with two attached hydrogens (primary N) is 1. The second-order valence-corrected chi connectivity index (χ2v) is 5.08. The molecule has 0 aliphatic carbocycles. The van der Waals surface area contributed by atoms with E-state index in [1.54, 1.807) is 0 Å². The van der Waals surface area contributed by atoms with Gasteiger partial charge in [-0.1, -0.05) is 12.8 Å². The van der Waals surface area contributed by atoms with E-state index >= 15 is 0 Å². The lowest BCUT2D eigenvalue weighted by atomic mass is 10.2. The molecule has 0 spiro atoms. The smallest absolute Gasteiger partial charge is 0.236 e. The molecule has 4 nitrogen and oxygen atoms in total. The summed E-state index contributed by atoms with van der Waals surface area (Å²) in [7, 11) is 0. The van der Waals surface area contributed by atoms with Gasteiger partial charge in [-0.3, -0.25) is 9.69 Å². The van der Waals surface area contributed by atoms with Gasteiger partial charge in [0.1, 0.15) is 0 Å². The summed E-state index contributed by atoms with van der Waals surface area (Å²) in [5.41, 5.74) is 5.84. The Morgan fingerprint density at radius 3 is 2.38 bits per heavy atom. The molecule has 16 heavy (non-hydrogen) atoms. The van der Waals surface area contributed by atoms with E-state index in [2.05, 4.69) is 4.90 Å². The van der Waals surface area contributed by atoms with E-state index in [-0.39, 0.29) is 6.04 Å². The summed E-state index contributed by atoms with van der Waals surface area (Å²) in [6.45, 7) is 4.37. The van der Waals surface area contributed by atoms with Crippen molar-refractivity contribution in [3.63, 3.8) is 0 Å². The Hall–Kier alpha value is -0.610. The topological polar surface area (TPSA) is 49.6 Å². The summed E-state index contributed by atoms with van der Waals surface area (Å²) < 4.78 is 0. The molecule has 92 valence electrons. The molecule has 1 unspecified atom stereocenters. The third-order valence-corrected chi connectivity index (χ3v) is 3.63. The highest BCUT2D eigenvalue weighted by Crippen LogP contribution is 2.11. The minimum absolute atomic E-state index is 0.275. The zero-order valence-electron chi connectivity index (χ0n) is 10.0. The zero-order chi connectivity index (χ0) is 11.4. The average molecular weight is 225 g/mol. The Balaban J connectivity index is 1.77. The van der Waals surface area contributed by atoms with Gasteiger partial charge in [-0.25, -0.2) is 0 Å². The van der Waals surface area contributed by atoms with Crippen LogP contribution < -0.4 is 5.73 Å². The third-order valence-electron chi connectivity index (χ3n) is 3.63. The number of likely N-dealkylation sites (tertiary alicyclic amines) is 2. The van der Waals surface area contributed by atoms with Gasteiger partial charge in [0.05, 0.1) is 6.54 Å². The molecule has 4 heteroatoms. The van der Waals surface area contributed by atoms with Crippen LogP contribution in [0.1, 0.15) is 32.1 Å². The van der Waals surface area contributed by atoms with Gasteiger partial charge < -0.3 is 10.6 Å². The van der Waals surface area contributed by atoms with Gasteiger partial charge >= 0.3 is 0 Å². The molecule has 2 aliphatic heterocycles. The fraction of sp³-hybridized carbons (Fsp3) is 0.917. The quantitative estimate of drug-likeness (QED) is 0.741. The number of amides is 1. The average Bonchev–Trinajstić information content (AvgIpc) is 2.56. The highest BCUT2D eigenvalue weighted by Gasteiger charge is 2.23. The molecule has 2 N–H and O–H groups in total. The molecular weight excluding hydrogens is 202 g/mol. The maximum Gasteiger partial charge on any atom is 0.236 e. The monoisotopic (exact) mass is 225 g/mol. The van der Waals surface area contributed by atoms with Crippen molar-refractivity contribution in [2.75, 3.05) is 32.7 Å². The van der Waals surface area contributed by atoms with Crippen molar-refractivity contribution in [2.45, 2.75) is 38.1 Å². The Kier molecular flexibility index (Phi) is 4.18. The molecule has 1 amide bonds. The molecule has 2 aliphatic rings. The molecule has 0 saturated carbocycles. The van der Waals surface area contributed by atoms with E-state index in [1.807, 2.05) is 4.90 Å². The van der Waals surface area contributed by atoms with Crippen molar-refractivity contribution < 1.29 is 4.79 Å². The molecule has 0 radical (unpaired) electrons. The highest BCUT2D eigenvalue weighted by molar-refractivity contribution is 5.78. The van der Waals surface area contributed by atoms with Crippen LogP contribution in [0.5, 0.6) is 0 Å². The van der Waals surface area contributed by atoms with Gasteiger partial charge in [0.2, 0.25) is 5.91 Å². The lowest BCUT2D eigenvalue weighted by molar-refractivity contribution is -0.132. The highest BCUT2D eigenvalue weighted by atomic mass is 16.2. The van der Waals surface area contributed by atoms with Crippen LogP contribution in [0.3, 0.4) is 0 Å². The van der Waals surface area contributed by atoms with Crippen LogP contribution in [0.15, 0.2) is 0 Å². The first-order valence-electron chi connectivity index (χ1n) is 6.51. The van der Waals surface area contributed by atoms with Gasteiger partial charge in [-0.2, -0.15) is 0 Å². The first-order valence-corrected chi connectivity index (χ1v) is 6.51. The van der Waals surface area contributed by atoms with E-state index in [0.717, 1.165) is 32.6 Å². The Bertz CT molecular complexity index is 236. The standard InChI is InChI=1S/C12H23N3O/c13-11-5-8-14(9-11)10-12(16)15-6-3-1-2-4-7-15/h11H,1-10,13H2. The van der Waals surface area contributed by atoms with Crippen LogP contribution in [0.4, 0.5) is 0 Å². The first kappa shape index (κ1) is 11.9. The Morgan fingerprint density at radius 2 is 1.81 bits per heavy atom. The molecular formula is C12H23N3O. The SMILES string of the molecule is NC1CCN(CC(=O)N2CCCCCC2)C1. The maximum atomic E-state index is 12.1. The summed E-state index contributed by atoms with van der Waals surface area (Å²) in [5.74, 6) is 0.302. The van der Waals surface area contributed by atoms with Gasteiger partial charge in [-0.15, -0.1) is 0 Å². The van der Waals surface area contributed by atoms with E-state index in [0.29, 0.717) is 12.5 Å². The third kappa shape index (κ3) is 3.19. The number of hydrogen-bond donors (Lipinski definition) is 1. The molecule has 0 aromatic heterocycles. The minimum atomic E-state index is 0.275. The van der Waals surface area contributed by atoms with Crippen LogP contribution in [0.25, 0.3) is 0 Å². The van der Waals surface area contributed by atoms with E-state index in [1.165, 1.54) is 25.7 Å². The molecule has 2 heterocycles. The predicted molar refractivity (Wildman–Crippen MR) is 64.1 cm³/mol. The minimum Gasteiger partial charge on any atom is -0.342 e. The lowest BCUT2D eigenvalue weighted by Crippen LogP contribution is -2.40. The van der Waals surface area contributed by atoms with Gasteiger partial charge in [0.25, 0.3) is 0 Å². The van der Waals surface area contributed by atoms with Crippen molar-refractivity contribution in [3.05, 3.63) is 0 Å². The number of carbonyl (C=O) groups excluding carboxylic acids is 1. The largest absolute Gasteiger partial charge is 0.342 e. The normalized spacial score (nSPS) is 28.1. The fourth-order valence-electron chi connectivity index (χ4n) is 2.62. The molecule has 2 rings (SSSR count). The van der Waals surface area contributed by atoms with Crippen LogP contribution in [-0.4, -0.2) is 54.5 Å². The van der Waals surface area contributed by atoms with E-state index in [4.69, 9.17) is 5.73 Å².